The van der Waals surface area contributed by atoms with Crippen LogP contribution < -0.4 is 5.32 Å². The fourth-order valence-electron chi connectivity index (χ4n) is 3.24. The number of esters is 1. The van der Waals surface area contributed by atoms with Gasteiger partial charge < -0.3 is 14.5 Å². The van der Waals surface area contributed by atoms with E-state index in [0.717, 1.165) is 22.3 Å². The minimum absolute atomic E-state index is 0.113. The van der Waals surface area contributed by atoms with Gasteiger partial charge in [-0.15, -0.1) is 11.3 Å². The van der Waals surface area contributed by atoms with Gasteiger partial charge in [-0.3, -0.25) is 4.79 Å². The second-order valence-electron chi connectivity index (χ2n) is 6.87. The van der Waals surface area contributed by atoms with Crippen LogP contribution in [0.4, 0.5) is 5.00 Å². The van der Waals surface area contributed by atoms with Crippen molar-refractivity contribution in [2.24, 2.45) is 0 Å². The Morgan fingerprint density at radius 1 is 1.20 bits per heavy atom. The van der Waals surface area contributed by atoms with E-state index in [-0.39, 0.29) is 18.9 Å². The summed E-state index contributed by atoms with van der Waals surface area (Å²) in [7, 11) is 0. The van der Waals surface area contributed by atoms with Crippen LogP contribution in [0.2, 0.25) is 0 Å². The molecule has 1 N–H and O–H groups in total. The van der Waals surface area contributed by atoms with E-state index < -0.39 is 5.97 Å². The average Bonchev–Trinajstić information content (AvgIpc) is 3.32. The lowest BCUT2D eigenvalue weighted by Gasteiger charge is -2.08. The highest BCUT2D eigenvalue weighted by molar-refractivity contribution is 7.15. The van der Waals surface area contributed by atoms with Gasteiger partial charge in [-0.2, -0.15) is 0 Å². The zero-order valence-corrected chi connectivity index (χ0v) is 17.5. The molecule has 4 rings (SSSR count). The second kappa shape index (κ2) is 8.51. The summed E-state index contributed by atoms with van der Waals surface area (Å²) in [6.45, 7) is 4.02. The predicted molar refractivity (Wildman–Crippen MR) is 118 cm³/mol. The fraction of sp³-hybridized carbons (Fsp3) is 0.174. The van der Waals surface area contributed by atoms with Gasteiger partial charge in [-0.1, -0.05) is 30.3 Å². The van der Waals surface area contributed by atoms with Gasteiger partial charge >= 0.3 is 5.97 Å². The molecule has 7 heteroatoms. The molecule has 0 aliphatic rings. The van der Waals surface area contributed by atoms with Crippen molar-refractivity contribution in [1.29, 1.82) is 0 Å². The number of imidazole rings is 1. The lowest BCUT2D eigenvalue weighted by molar-refractivity contribution is -0.115. The van der Waals surface area contributed by atoms with E-state index in [9.17, 15) is 9.59 Å². The number of benzene rings is 1. The van der Waals surface area contributed by atoms with Crippen molar-refractivity contribution in [2.75, 3.05) is 11.9 Å². The van der Waals surface area contributed by atoms with Gasteiger partial charge in [-0.25, -0.2) is 9.78 Å². The summed E-state index contributed by atoms with van der Waals surface area (Å²) in [5.41, 5.74) is 4.59. The molecule has 3 heterocycles. The molecule has 1 amide bonds. The Balaban J connectivity index is 1.59. The number of rotatable bonds is 6. The number of hydrogen-bond acceptors (Lipinski definition) is 5. The van der Waals surface area contributed by atoms with Crippen LogP contribution in [0.25, 0.3) is 16.8 Å². The molecule has 0 unspecified atom stereocenters. The van der Waals surface area contributed by atoms with Gasteiger partial charge in [0.25, 0.3) is 0 Å². The van der Waals surface area contributed by atoms with Crippen molar-refractivity contribution in [2.45, 2.75) is 20.3 Å². The third kappa shape index (κ3) is 4.11. The molecule has 0 aliphatic heterocycles. The molecule has 0 aliphatic carbocycles. The van der Waals surface area contributed by atoms with Crippen molar-refractivity contribution in [1.82, 2.24) is 9.38 Å². The van der Waals surface area contributed by atoms with E-state index in [2.05, 4.69) is 10.3 Å². The summed E-state index contributed by atoms with van der Waals surface area (Å²) in [5, 5.41) is 5.22. The molecule has 0 spiro atoms. The van der Waals surface area contributed by atoms with E-state index in [1.54, 1.807) is 6.92 Å². The number of carbonyl (C=O) groups is 2. The van der Waals surface area contributed by atoms with Gasteiger partial charge in [-0.05, 0) is 37.1 Å². The normalized spacial score (nSPS) is 10.9. The number of carbonyl (C=O) groups excluding carboxylic acids is 2. The molecule has 30 heavy (non-hydrogen) atoms. The van der Waals surface area contributed by atoms with Crippen LogP contribution in [0.5, 0.6) is 0 Å². The fourth-order valence-corrected chi connectivity index (χ4v) is 4.22. The molecule has 0 atom stereocenters. The first-order chi connectivity index (χ1) is 14.5. The number of thiophene rings is 1. The van der Waals surface area contributed by atoms with Crippen molar-refractivity contribution < 1.29 is 14.3 Å². The first-order valence-corrected chi connectivity index (χ1v) is 10.5. The topological polar surface area (TPSA) is 72.7 Å². The standard InChI is InChI=1S/C23H21N3O3S/c1-3-29-23(28)21-18(16-7-5-4-6-8-16)14-30-22(21)25-20(27)12-17-13-26-10-9-15(2)11-19(26)24-17/h4-11,13-14H,3,12H2,1-2H3,(H,25,27). The Morgan fingerprint density at radius 2 is 2.00 bits per heavy atom. The van der Waals surface area contributed by atoms with Crippen LogP contribution in [0.1, 0.15) is 28.5 Å². The van der Waals surface area contributed by atoms with Crippen molar-refractivity contribution >= 4 is 33.9 Å². The summed E-state index contributed by atoms with van der Waals surface area (Å²) in [5.74, 6) is -0.682. The zero-order valence-electron chi connectivity index (χ0n) is 16.7. The summed E-state index contributed by atoms with van der Waals surface area (Å²) in [4.78, 5) is 29.8. The van der Waals surface area contributed by atoms with Gasteiger partial charge in [0.1, 0.15) is 16.2 Å². The predicted octanol–water partition coefficient (Wildman–Crippen LogP) is 4.73. The van der Waals surface area contributed by atoms with Gasteiger partial charge in [0.05, 0.1) is 18.7 Å². The monoisotopic (exact) mass is 419 g/mol. The molecular weight excluding hydrogens is 398 g/mol. The molecule has 0 saturated carbocycles. The largest absolute Gasteiger partial charge is 0.462 e. The highest BCUT2D eigenvalue weighted by Gasteiger charge is 2.23. The van der Waals surface area contributed by atoms with E-state index in [4.69, 9.17) is 4.74 Å². The number of aromatic nitrogens is 2. The summed E-state index contributed by atoms with van der Waals surface area (Å²) in [6.07, 6.45) is 3.87. The van der Waals surface area contributed by atoms with Crippen LogP contribution in [0.3, 0.4) is 0 Å². The van der Waals surface area contributed by atoms with Gasteiger partial charge in [0, 0.05) is 23.3 Å². The maximum absolute atomic E-state index is 12.7. The molecule has 6 nitrogen and oxygen atoms in total. The van der Waals surface area contributed by atoms with E-state index in [1.165, 1.54) is 11.3 Å². The Bertz CT molecular complexity index is 1210. The Kier molecular flexibility index (Phi) is 5.63. The number of ether oxygens (including phenoxy) is 1. The van der Waals surface area contributed by atoms with Gasteiger partial charge in [0.2, 0.25) is 5.91 Å². The first kappa shape index (κ1) is 19.8. The molecule has 0 radical (unpaired) electrons. The minimum atomic E-state index is -0.448. The molecule has 0 fully saturated rings. The number of hydrogen-bond donors (Lipinski definition) is 1. The summed E-state index contributed by atoms with van der Waals surface area (Å²) >= 11 is 1.31. The molecule has 3 aromatic heterocycles. The summed E-state index contributed by atoms with van der Waals surface area (Å²) in [6, 6.07) is 13.5. The van der Waals surface area contributed by atoms with Crippen molar-refractivity contribution in [3.63, 3.8) is 0 Å². The molecule has 0 saturated heterocycles. The van der Waals surface area contributed by atoms with Crippen molar-refractivity contribution in [3.8, 4) is 11.1 Å². The maximum Gasteiger partial charge on any atom is 0.341 e. The van der Waals surface area contributed by atoms with Crippen LogP contribution in [-0.2, 0) is 16.0 Å². The van der Waals surface area contributed by atoms with Crippen LogP contribution >= 0.6 is 11.3 Å². The zero-order chi connectivity index (χ0) is 21.1. The number of amides is 1. The number of anilines is 1. The molecule has 4 aromatic rings. The SMILES string of the molecule is CCOC(=O)c1c(-c2ccccc2)csc1NC(=O)Cc1cn2ccc(C)cc2n1. The average molecular weight is 420 g/mol. The van der Waals surface area contributed by atoms with Gasteiger partial charge in [0.15, 0.2) is 0 Å². The number of pyridine rings is 1. The van der Waals surface area contributed by atoms with E-state index in [0.29, 0.717) is 16.3 Å². The molecule has 152 valence electrons. The number of aryl methyl sites for hydroxylation is 1. The van der Waals surface area contributed by atoms with Crippen LogP contribution in [0.15, 0.2) is 60.2 Å². The van der Waals surface area contributed by atoms with Crippen LogP contribution in [-0.4, -0.2) is 27.9 Å². The molecule has 0 bridgehead atoms. The van der Waals surface area contributed by atoms with E-state index >= 15 is 0 Å². The number of nitrogens with one attached hydrogen (secondary N) is 1. The molecular formula is C23H21N3O3S. The first-order valence-electron chi connectivity index (χ1n) is 9.63. The Morgan fingerprint density at radius 3 is 2.77 bits per heavy atom. The third-order valence-corrected chi connectivity index (χ3v) is 5.51. The maximum atomic E-state index is 12.7. The lowest BCUT2D eigenvalue weighted by atomic mass is 10.0. The smallest absolute Gasteiger partial charge is 0.341 e. The molecule has 1 aromatic carbocycles. The highest BCUT2D eigenvalue weighted by Crippen LogP contribution is 2.36. The second-order valence-corrected chi connectivity index (χ2v) is 7.75. The Labute approximate surface area is 178 Å². The Hall–Kier alpha value is -3.45. The minimum Gasteiger partial charge on any atom is -0.462 e. The summed E-state index contributed by atoms with van der Waals surface area (Å²) < 4.78 is 7.13. The number of fused-ring (bicyclic) bond motifs is 1. The van der Waals surface area contributed by atoms with Crippen LogP contribution in [0, 0.1) is 6.92 Å². The van der Waals surface area contributed by atoms with E-state index in [1.807, 2.05) is 71.6 Å². The van der Waals surface area contributed by atoms with Crippen molar-refractivity contribution in [3.05, 3.63) is 77.1 Å². The lowest BCUT2D eigenvalue weighted by Crippen LogP contribution is -2.16. The number of nitrogens with zero attached hydrogens (tertiary/aromatic N) is 2. The highest BCUT2D eigenvalue weighted by atomic mass is 32.1. The quantitative estimate of drug-likeness (QED) is 0.459. The third-order valence-electron chi connectivity index (χ3n) is 4.62.